The summed E-state index contributed by atoms with van der Waals surface area (Å²) in [6.45, 7) is 5.64. The zero-order valence-corrected chi connectivity index (χ0v) is 18.5. The van der Waals surface area contributed by atoms with E-state index < -0.39 is 5.60 Å². The van der Waals surface area contributed by atoms with Crippen LogP contribution in [0.25, 0.3) is 21.8 Å². The Morgan fingerprint density at radius 2 is 1.55 bits per heavy atom. The van der Waals surface area contributed by atoms with E-state index in [0.717, 1.165) is 11.4 Å². The highest BCUT2D eigenvalue weighted by Crippen LogP contribution is 2.43. The first-order chi connectivity index (χ1) is 14.9. The summed E-state index contributed by atoms with van der Waals surface area (Å²) in [5, 5.41) is 2.59. The molecule has 0 spiro atoms. The molecule has 2 saturated carbocycles. The van der Waals surface area contributed by atoms with Crippen LogP contribution in [0.3, 0.4) is 0 Å². The Balaban J connectivity index is 0.000000145. The van der Waals surface area contributed by atoms with Crippen molar-refractivity contribution in [1.29, 1.82) is 0 Å². The number of nitrogens with zero attached hydrogens (tertiary/aromatic N) is 1. The van der Waals surface area contributed by atoms with E-state index >= 15 is 0 Å². The average molecular weight is 415 g/mol. The quantitative estimate of drug-likeness (QED) is 0.373. The van der Waals surface area contributed by atoms with E-state index in [1.165, 1.54) is 53.1 Å². The molecular formula is C27H30N2O2. The van der Waals surface area contributed by atoms with Gasteiger partial charge in [-0.3, -0.25) is 4.57 Å². The second-order valence-corrected chi connectivity index (χ2v) is 9.78. The maximum Gasteiger partial charge on any atom is 0.418 e. The topological polar surface area (TPSA) is 47.0 Å². The molecule has 4 heteroatoms. The van der Waals surface area contributed by atoms with Gasteiger partial charge in [-0.25, -0.2) is 4.79 Å². The highest BCUT2D eigenvalue weighted by Gasteiger charge is 2.27. The van der Waals surface area contributed by atoms with Crippen molar-refractivity contribution in [3.63, 3.8) is 0 Å². The third kappa shape index (κ3) is 4.25. The predicted molar refractivity (Wildman–Crippen MR) is 126 cm³/mol. The smallest absolute Gasteiger partial charge is 0.418 e. The standard InChI is InChI=1S/C16H19NO2.C11H11N/c1-16(2,3)19-15(18)17-10-9-13-12(11-7-8-11)5-4-6-14(13)17;1-2-9(8-4-5-8)10-6-7-12-11(10)3-1/h4-6,9-11H,7-8H2,1-3H3;1-3,6-8,12H,4-5H2. The first kappa shape index (κ1) is 19.9. The number of aromatic nitrogens is 2. The SMILES string of the molecule is CC(C)(C)OC(=O)n1ccc2c(C3CC3)cccc21.c1cc(C2CC2)c2cc[nH]c2c1. The minimum atomic E-state index is -0.470. The molecule has 0 saturated heterocycles. The summed E-state index contributed by atoms with van der Waals surface area (Å²) >= 11 is 0. The number of fused-ring (bicyclic) bond motifs is 2. The number of hydrogen-bond donors (Lipinski definition) is 1. The Hall–Kier alpha value is -3.01. The minimum absolute atomic E-state index is 0.310. The van der Waals surface area contributed by atoms with Crippen LogP contribution in [-0.4, -0.2) is 21.2 Å². The van der Waals surface area contributed by atoms with Crippen molar-refractivity contribution in [2.45, 2.75) is 63.9 Å². The van der Waals surface area contributed by atoms with Crippen molar-refractivity contribution < 1.29 is 9.53 Å². The van der Waals surface area contributed by atoms with E-state index in [-0.39, 0.29) is 6.09 Å². The highest BCUT2D eigenvalue weighted by molar-refractivity contribution is 5.92. The molecular weight excluding hydrogens is 384 g/mol. The van der Waals surface area contributed by atoms with Gasteiger partial charge in [-0.2, -0.15) is 0 Å². The molecule has 1 N–H and O–H groups in total. The van der Waals surface area contributed by atoms with Crippen LogP contribution in [0.5, 0.6) is 0 Å². The van der Waals surface area contributed by atoms with Gasteiger partial charge in [0.2, 0.25) is 0 Å². The molecule has 2 aromatic carbocycles. The lowest BCUT2D eigenvalue weighted by Crippen LogP contribution is -2.26. The van der Waals surface area contributed by atoms with Crippen molar-refractivity contribution in [2.24, 2.45) is 0 Å². The van der Waals surface area contributed by atoms with Gasteiger partial charge in [-0.05, 0) is 93.7 Å². The van der Waals surface area contributed by atoms with Crippen molar-refractivity contribution in [3.8, 4) is 0 Å². The van der Waals surface area contributed by atoms with Gasteiger partial charge in [0.15, 0.2) is 0 Å². The summed E-state index contributed by atoms with van der Waals surface area (Å²) in [4.78, 5) is 15.4. The zero-order chi connectivity index (χ0) is 21.6. The van der Waals surface area contributed by atoms with Crippen LogP contribution >= 0.6 is 0 Å². The summed E-state index contributed by atoms with van der Waals surface area (Å²) in [5.41, 5.74) is 4.65. The zero-order valence-electron chi connectivity index (χ0n) is 18.5. The van der Waals surface area contributed by atoms with E-state index in [1.54, 1.807) is 4.57 Å². The lowest BCUT2D eigenvalue weighted by Gasteiger charge is -2.19. The van der Waals surface area contributed by atoms with E-state index in [4.69, 9.17) is 4.74 Å². The normalized spacial score (nSPS) is 16.2. The maximum atomic E-state index is 12.2. The summed E-state index contributed by atoms with van der Waals surface area (Å²) in [6, 6.07) is 16.9. The van der Waals surface area contributed by atoms with Crippen LogP contribution in [0.15, 0.2) is 60.9 Å². The maximum absolute atomic E-state index is 12.2. The van der Waals surface area contributed by atoms with Crippen LogP contribution in [0.4, 0.5) is 4.79 Å². The van der Waals surface area contributed by atoms with Crippen LogP contribution in [-0.2, 0) is 4.74 Å². The molecule has 4 aromatic rings. The van der Waals surface area contributed by atoms with E-state index in [0.29, 0.717) is 5.92 Å². The number of benzene rings is 2. The van der Waals surface area contributed by atoms with Gasteiger partial charge in [0.1, 0.15) is 5.60 Å². The van der Waals surface area contributed by atoms with E-state index in [2.05, 4.69) is 35.3 Å². The third-order valence-electron chi connectivity index (χ3n) is 6.02. The summed E-state index contributed by atoms with van der Waals surface area (Å²) in [5.74, 6) is 1.53. The molecule has 6 rings (SSSR count). The average Bonchev–Trinajstić information content (AvgIpc) is 3.65. The highest BCUT2D eigenvalue weighted by atomic mass is 16.6. The number of carbonyl (C=O) groups excluding carboxylic acids is 1. The Morgan fingerprint density at radius 3 is 2.19 bits per heavy atom. The Labute approximate surface area is 183 Å². The van der Waals surface area contributed by atoms with Gasteiger partial charge >= 0.3 is 6.09 Å². The molecule has 0 aliphatic heterocycles. The number of rotatable bonds is 2. The lowest BCUT2D eigenvalue weighted by molar-refractivity contribution is 0.0544. The molecule has 0 unspecified atom stereocenters. The predicted octanol–water partition coefficient (Wildman–Crippen LogP) is 7.35. The van der Waals surface area contributed by atoms with Crippen molar-refractivity contribution in [1.82, 2.24) is 9.55 Å². The number of ether oxygens (including phenoxy) is 1. The molecule has 0 radical (unpaired) electrons. The van der Waals surface area contributed by atoms with E-state index in [1.807, 2.05) is 51.4 Å². The molecule has 160 valence electrons. The van der Waals surface area contributed by atoms with Gasteiger partial charge in [0.05, 0.1) is 5.52 Å². The van der Waals surface area contributed by atoms with Gasteiger partial charge in [0, 0.05) is 28.7 Å². The Morgan fingerprint density at radius 1 is 0.903 bits per heavy atom. The third-order valence-corrected chi connectivity index (χ3v) is 6.02. The molecule has 31 heavy (non-hydrogen) atoms. The largest absolute Gasteiger partial charge is 0.443 e. The van der Waals surface area contributed by atoms with E-state index in [9.17, 15) is 4.79 Å². The Kier molecular flexibility index (Phi) is 4.88. The van der Waals surface area contributed by atoms with Crippen molar-refractivity contribution in [2.75, 3.05) is 0 Å². The fourth-order valence-corrected chi connectivity index (χ4v) is 4.27. The van der Waals surface area contributed by atoms with Crippen LogP contribution < -0.4 is 0 Å². The molecule has 2 heterocycles. The summed E-state index contributed by atoms with van der Waals surface area (Å²) < 4.78 is 7.03. The second kappa shape index (κ2) is 7.60. The molecule has 0 atom stereocenters. The first-order valence-corrected chi connectivity index (χ1v) is 11.3. The molecule has 2 aliphatic rings. The molecule has 4 nitrogen and oxygen atoms in total. The van der Waals surface area contributed by atoms with Crippen LogP contribution in [0, 0.1) is 0 Å². The van der Waals surface area contributed by atoms with Crippen LogP contribution in [0.2, 0.25) is 0 Å². The van der Waals surface area contributed by atoms with Crippen molar-refractivity contribution in [3.05, 3.63) is 72.1 Å². The van der Waals surface area contributed by atoms with Gasteiger partial charge in [0.25, 0.3) is 0 Å². The van der Waals surface area contributed by atoms with Crippen LogP contribution in [0.1, 0.15) is 69.4 Å². The number of H-pyrrole nitrogens is 1. The lowest BCUT2D eigenvalue weighted by atomic mass is 10.1. The summed E-state index contributed by atoms with van der Waals surface area (Å²) in [6.07, 6.45) is 8.80. The number of nitrogens with one attached hydrogen (secondary N) is 1. The number of carbonyl (C=O) groups is 1. The molecule has 0 amide bonds. The van der Waals surface area contributed by atoms with Crippen molar-refractivity contribution >= 4 is 27.9 Å². The van der Waals surface area contributed by atoms with Gasteiger partial charge in [-0.15, -0.1) is 0 Å². The molecule has 2 aromatic heterocycles. The first-order valence-electron chi connectivity index (χ1n) is 11.3. The molecule has 0 bridgehead atoms. The monoisotopic (exact) mass is 414 g/mol. The number of aromatic amines is 1. The minimum Gasteiger partial charge on any atom is -0.443 e. The summed E-state index contributed by atoms with van der Waals surface area (Å²) in [7, 11) is 0. The van der Waals surface area contributed by atoms with Gasteiger partial charge in [-0.1, -0.05) is 24.3 Å². The fraction of sp³-hybridized carbons (Fsp3) is 0.370. The van der Waals surface area contributed by atoms with Gasteiger partial charge < -0.3 is 9.72 Å². The fourth-order valence-electron chi connectivity index (χ4n) is 4.27. The number of hydrogen-bond acceptors (Lipinski definition) is 2. The molecule has 2 fully saturated rings. The Bertz CT molecular complexity index is 1230. The second-order valence-electron chi connectivity index (χ2n) is 9.78. The molecule has 2 aliphatic carbocycles.